The smallest absolute Gasteiger partial charge is 0.431 e. The van der Waals surface area contributed by atoms with Crippen LogP contribution in [0.2, 0.25) is 0 Å². The Bertz CT molecular complexity index is 531. The molecule has 3 nitrogen and oxygen atoms in total. The van der Waals surface area contributed by atoms with E-state index in [1.165, 1.54) is 19.2 Å². The minimum atomic E-state index is -4.42. The zero-order valence-corrected chi connectivity index (χ0v) is 8.35. The third-order valence-corrected chi connectivity index (χ3v) is 2.31. The van der Waals surface area contributed by atoms with Gasteiger partial charge in [-0.1, -0.05) is 0 Å². The molecule has 0 bridgehead atoms. The lowest BCUT2D eigenvalue weighted by Crippen LogP contribution is -2.04. The monoisotopic (exact) mass is 230 g/mol. The number of nitrogen functional groups attached to an aromatic ring is 1. The Morgan fingerprint density at radius 1 is 1.31 bits per heavy atom. The van der Waals surface area contributed by atoms with Crippen LogP contribution in [0, 0.1) is 0 Å². The summed E-state index contributed by atoms with van der Waals surface area (Å²) >= 11 is 0. The lowest BCUT2D eigenvalue weighted by Gasteiger charge is -2.03. The van der Waals surface area contributed by atoms with Gasteiger partial charge in [0.15, 0.2) is 0 Å². The minimum Gasteiger partial charge on any atom is -0.495 e. The molecule has 0 aliphatic heterocycles. The van der Waals surface area contributed by atoms with Gasteiger partial charge in [0.25, 0.3) is 0 Å². The molecule has 1 aromatic carbocycles. The van der Waals surface area contributed by atoms with E-state index in [-0.39, 0.29) is 11.2 Å². The van der Waals surface area contributed by atoms with E-state index in [2.05, 4.69) is 4.98 Å². The number of aromatic nitrogens is 1. The summed E-state index contributed by atoms with van der Waals surface area (Å²) in [4.78, 5) is 2.27. The van der Waals surface area contributed by atoms with Crippen LogP contribution in [0.1, 0.15) is 5.69 Å². The minimum absolute atomic E-state index is 0.259. The Kier molecular flexibility index (Phi) is 2.22. The van der Waals surface area contributed by atoms with Crippen molar-refractivity contribution >= 4 is 16.6 Å². The maximum Gasteiger partial charge on any atom is 0.431 e. The summed E-state index contributed by atoms with van der Waals surface area (Å²) in [6.07, 6.45) is -4.42. The first-order valence-corrected chi connectivity index (χ1v) is 4.46. The van der Waals surface area contributed by atoms with Gasteiger partial charge in [-0.05, 0) is 18.2 Å². The van der Waals surface area contributed by atoms with Gasteiger partial charge in [0.2, 0.25) is 0 Å². The number of anilines is 1. The van der Waals surface area contributed by atoms with Gasteiger partial charge in [0.05, 0.1) is 12.6 Å². The van der Waals surface area contributed by atoms with Gasteiger partial charge in [-0.3, -0.25) is 0 Å². The molecule has 0 saturated heterocycles. The normalized spacial score (nSPS) is 12.0. The highest BCUT2D eigenvalue weighted by molar-refractivity contribution is 5.95. The average molecular weight is 230 g/mol. The van der Waals surface area contributed by atoms with Gasteiger partial charge in [-0.25, -0.2) is 0 Å². The molecule has 0 aliphatic rings. The maximum absolute atomic E-state index is 12.5. The first-order valence-electron chi connectivity index (χ1n) is 4.46. The van der Waals surface area contributed by atoms with Crippen molar-refractivity contribution in [3.8, 4) is 5.75 Å². The van der Waals surface area contributed by atoms with E-state index in [4.69, 9.17) is 10.5 Å². The Hall–Kier alpha value is -1.85. The summed E-state index contributed by atoms with van der Waals surface area (Å²) in [5.74, 6) is 0.333. The number of H-pyrrole nitrogens is 1. The van der Waals surface area contributed by atoms with Crippen molar-refractivity contribution in [3.05, 3.63) is 23.9 Å². The second-order valence-electron chi connectivity index (χ2n) is 3.33. The molecule has 2 rings (SSSR count). The van der Waals surface area contributed by atoms with Crippen LogP contribution in [-0.2, 0) is 6.18 Å². The zero-order chi connectivity index (χ0) is 11.9. The number of aromatic amines is 1. The molecule has 2 aromatic rings. The Morgan fingerprint density at radius 3 is 2.56 bits per heavy atom. The second kappa shape index (κ2) is 3.33. The summed E-state index contributed by atoms with van der Waals surface area (Å²) in [6.45, 7) is 0. The maximum atomic E-state index is 12.5. The molecule has 16 heavy (non-hydrogen) atoms. The quantitative estimate of drug-likeness (QED) is 0.740. The van der Waals surface area contributed by atoms with Gasteiger partial charge in [-0.15, -0.1) is 0 Å². The van der Waals surface area contributed by atoms with Crippen molar-refractivity contribution in [1.29, 1.82) is 0 Å². The van der Waals surface area contributed by atoms with Gasteiger partial charge in [0.1, 0.15) is 11.4 Å². The van der Waals surface area contributed by atoms with Crippen molar-refractivity contribution < 1.29 is 17.9 Å². The standard InChI is InChI=1S/C10H9F3N2O/c1-16-7-3-2-6(14)5-4-8(10(11,12)13)15-9(5)7/h2-4,15H,14H2,1H3. The Labute approximate surface area is 89.0 Å². The first-order chi connectivity index (χ1) is 7.43. The predicted molar refractivity (Wildman–Crippen MR) is 54.3 cm³/mol. The first kappa shape index (κ1) is 10.7. The fraction of sp³-hybridized carbons (Fsp3) is 0.200. The predicted octanol–water partition coefficient (Wildman–Crippen LogP) is 2.78. The van der Waals surface area contributed by atoms with Crippen LogP contribution in [0.3, 0.4) is 0 Å². The van der Waals surface area contributed by atoms with Gasteiger partial charge in [0, 0.05) is 11.1 Å². The third kappa shape index (κ3) is 1.56. The van der Waals surface area contributed by atoms with Crippen molar-refractivity contribution in [2.24, 2.45) is 0 Å². The van der Waals surface area contributed by atoms with E-state index in [1.807, 2.05) is 0 Å². The van der Waals surface area contributed by atoms with E-state index in [1.54, 1.807) is 0 Å². The number of fused-ring (bicyclic) bond motifs is 1. The van der Waals surface area contributed by atoms with Crippen LogP contribution in [0.4, 0.5) is 18.9 Å². The molecule has 0 fully saturated rings. The number of nitrogens with two attached hydrogens (primary N) is 1. The number of methoxy groups -OCH3 is 1. The number of benzene rings is 1. The van der Waals surface area contributed by atoms with Crippen molar-refractivity contribution in [1.82, 2.24) is 4.98 Å². The van der Waals surface area contributed by atoms with E-state index in [0.29, 0.717) is 11.1 Å². The van der Waals surface area contributed by atoms with Gasteiger partial charge in [-0.2, -0.15) is 13.2 Å². The molecule has 0 amide bonds. The largest absolute Gasteiger partial charge is 0.495 e. The van der Waals surface area contributed by atoms with Crippen molar-refractivity contribution in [2.45, 2.75) is 6.18 Å². The molecule has 0 spiro atoms. The topological polar surface area (TPSA) is 51.0 Å². The van der Waals surface area contributed by atoms with Crippen LogP contribution in [-0.4, -0.2) is 12.1 Å². The highest BCUT2D eigenvalue weighted by Crippen LogP contribution is 2.36. The van der Waals surface area contributed by atoms with E-state index >= 15 is 0 Å². The summed E-state index contributed by atoms with van der Waals surface area (Å²) in [5, 5.41) is 0.312. The van der Waals surface area contributed by atoms with Crippen LogP contribution in [0.15, 0.2) is 18.2 Å². The SMILES string of the molecule is COc1ccc(N)c2cc(C(F)(F)F)[nH]c12. The fourth-order valence-electron chi connectivity index (χ4n) is 1.54. The summed E-state index contributed by atoms with van der Waals surface area (Å²) in [6, 6.07) is 4.01. The van der Waals surface area contributed by atoms with Crippen molar-refractivity contribution in [3.63, 3.8) is 0 Å². The molecule has 1 heterocycles. The molecule has 0 atom stereocenters. The molecule has 86 valence electrons. The summed E-state index contributed by atoms with van der Waals surface area (Å²) in [5.41, 5.74) is 5.30. The zero-order valence-electron chi connectivity index (χ0n) is 8.35. The fourth-order valence-corrected chi connectivity index (χ4v) is 1.54. The molecule has 0 aliphatic carbocycles. The molecular formula is C10H9F3N2O. The third-order valence-electron chi connectivity index (χ3n) is 2.31. The molecule has 6 heteroatoms. The average Bonchev–Trinajstić information content (AvgIpc) is 2.63. The summed E-state index contributed by atoms with van der Waals surface area (Å²) in [7, 11) is 1.39. The Balaban J connectivity index is 2.73. The Morgan fingerprint density at radius 2 is 2.00 bits per heavy atom. The highest BCUT2D eigenvalue weighted by Gasteiger charge is 2.33. The number of alkyl halides is 3. The number of rotatable bonds is 1. The number of halogens is 3. The number of ether oxygens (including phenoxy) is 1. The number of hydrogen-bond acceptors (Lipinski definition) is 2. The molecule has 0 radical (unpaired) electrons. The molecular weight excluding hydrogens is 221 g/mol. The molecule has 0 unspecified atom stereocenters. The van der Waals surface area contributed by atoms with Crippen molar-refractivity contribution in [2.75, 3.05) is 12.8 Å². The number of nitrogens with one attached hydrogen (secondary N) is 1. The van der Waals surface area contributed by atoms with Crippen LogP contribution >= 0.6 is 0 Å². The summed E-state index contributed by atoms with van der Waals surface area (Å²) < 4.78 is 42.4. The van der Waals surface area contributed by atoms with Gasteiger partial charge < -0.3 is 15.5 Å². The molecule has 0 saturated carbocycles. The molecule has 3 N–H and O–H groups in total. The van der Waals surface area contributed by atoms with Crippen LogP contribution in [0.5, 0.6) is 5.75 Å². The second-order valence-corrected chi connectivity index (χ2v) is 3.33. The van der Waals surface area contributed by atoms with E-state index in [0.717, 1.165) is 6.07 Å². The lowest BCUT2D eigenvalue weighted by molar-refractivity contribution is -0.140. The van der Waals surface area contributed by atoms with Crippen LogP contribution < -0.4 is 10.5 Å². The van der Waals surface area contributed by atoms with E-state index in [9.17, 15) is 13.2 Å². The van der Waals surface area contributed by atoms with Crippen LogP contribution in [0.25, 0.3) is 10.9 Å². The molecule has 1 aromatic heterocycles. The highest BCUT2D eigenvalue weighted by atomic mass is 19.4. The number of hydrogen-bond donors (Lipinski definition) is 2. The van der Waals surface area contributed by atoms with E-state index < -0.39 is 11.9 Å². The van der Waals surface area contributed by atoms with Gasteiger partial charge >= 0.3 is 6.18 Å². The lowest BCUT2D eigenvalue weighted by atomic mass is 10.2.